The number of nitrogens with one attached hydrogen (secondary N) is 1. The predicted octanol–water partition coefficient (Wildman–Crippen LogP) is 4.22. The summed E-state index contributed by atoms with van der Waals surface area (Å²) in [5.74, 6) is 0.992. The fourth-order valence-corrected chi connectivity index (χ4v) is 2.29. The Bertz CT molecular complexity index is 635. The Labute approximate surface area is 142 Å². The second-order valence-corrected chi connectivity index (χ2v) is 5.95. The summed E-state index contributed by atoms with van der Waals surface area (Å²) in [5, 5.41) is 3.61. The Hall–Kier alpha value is -2.07. The Kier molecular flexibility index (Phi) is 6.41. The summed E-state index contributed by atoms with van der Waals surface area (Å²) in [7, 11) is 0. The molecule has 1 aromatic heterocycles. The van der Waals surface area contributed by atoms with E-state index in [1.54, 1.807) is 12.3 Å². The van der Waals surface area contributed by atoms with E-state index in [1.807, 2.05) is 18.2 Å². The highest BCUT2D eigenvalue weighted by molar-refractivity contribution is 6.29. The molecule has 0 bridgehead atoms. The molecule has 0 aliphatic heterocycles. The summed E-state index contributed by atoms with van der Waals surface area (Å²) in [6, 6.07) is 12.1. The monoisotopic (exact) mass is 330 g/mol. The van der Waals surface area contributed by atoms with Crippen LogP contribution in [0.4, 0.5) is 5.69 Å². The lowest BCUT2D eigenvalue weighted by Crippen LogP contribution is -2.23. The molecule has 1 heterocycles. The van der Waals surface area contributed by atoms with Gasteiger partial charge < -0.3 is 11.1 Å². The zero-order chi connectivity index (χ0) is 16.7. The van der Waals surface area contributed by atoms with Crippen LogP contribution in [0.15, 0.2) is 47.6 Å². The standard InChI is InChI=1S/C18H23ClN4/c1-3-13(2)15-5-7-16(8-6-15)23-18(20)21-11-10-14-4-9-17(19)22-12-14/h4-9,12-13H,3,10-11H2,1-2H3,(H3,20,21,23). The number of hydrogen-bond donors (Lipinski definition) is 2. The average Bonchev–Trinajstić information content (AvgIpc) is 2.56. The van der Waals surface area contributed by atoms with Crippen molar-refractivity contribution >= 4 is 23.2 Å². The van der Waals surface area contributed by atoms with Crippen LogP contribution in [-0.4, -0.2) is 17.5 Å². The van der Waals surface area contributed by atoms with Crippen LogP contribution in [0.2, 0.25) is 5.15 Å². The van der Waals surface area contributed by atoms with Gasteiger partial charge in [-0.15, -0.1) is 0 Å². The van der Waals surface area contributed by atoms with Gasteiger partial charge in [-0.3, -0.25) is 4.99 Å². The summed E-state index contributed by atoms with van der Waals surface area (Å²) in [4.78, 5) is 8.38. The molecule has 1 aromatic carbocycles. The minimum atomic E-state index is 0.420. The molecule has 0 fully saturated rings. The van der Waals surface area contributed by atoms with E-state index in [-0.39, 0.29) is 0 Å². The molecule has 23 heavy (non-hydrogen) atoms. The van der Waals surface area contributed by atoms with E-state index < -0.39 is 0 Å². The van der Waals surface area contributed by atoms with Gasteiger partial charge >= 0.3 is 0 Å². The second kappa shape index (κ2) is 8.53. The first-order valence-corrected chi connectivity index (χ1v) is 8.23. The smallest absolute Gasteiger partial charge is 0.193 e. The van der Waals surface area contributed by atoms with Crippen molar-refractivity contribution in [2.24, 2.45) is 10.7 Å². The van der Waals surface area contributed by atoms with Gasteiger partial charge in [0.05, 0.1) is 0 Å². The molecule has 2 aromatic rings. The molecule has 5 heteroatoms. The molecule has 0 spiro atoms. The van der Waals surface area contributed by atoms with Gasteiger partial charge in [0, 0.05) is 18.4 Å². The zero-order valence-electron chi connectivity index (χ0n) is 13.6. The summed E-state index contributed by atoms with van der Waals surface area (Å²) < 4.78 is 0. The van der Waals surface area contributed by atoms with Gasteiger partial charge in [0.15, 0.2) is 5.96 Å². The molecule has 3 N–H and O–H groups in total. The normalized spacial score (nSPS) is 12.9. The number of aliphatic imine (C=N–C) groups is 1. The molecule has 0 radical (unpaired) electrons. The lowest BCUT2D eigenvalue weighted by molar-refractivity contribution is 0.734. The van der Waals surface area contributed by atoms with Crippen molar-refractivity contribution in [2.75, 3.05) is 11.9 Å². The van der Waals surface area contributed by atoms with Crippen molar-refractivity contribution in [3.8, 4) is 0 Å². The van der Waals surface area contributed by atoms with Crippen LogP contribution in [-0.2, 0) is 6.42 Å². The van der Waals surface area contributed by atoms with Crippen LogP contribution in [0.3, 0.4) is 0 Å². The van der Waals surface area contributed by atoms with Crippen LogP contribution in [0.5, 0.6) is 0 Å². The minimum Gasteiger partial charge on any atom is -0.370 e. The van der Waals surface area contributed by atoms with E-state index in [0.717, 1.165) is 24.1 Å². The quantitative estimate of drug-likeness (QED) is 0.473. The lowest BCUT2D eigenvalue weighted by atomic mass is 9.99. The number of guanidine groups is 1. The van der Waals surface area contributed by atoms with Crippen LogP contribution >= 0.6 is 11.6 Å². The van der Waals surface area contributed by atoms with Crippen LogP contribution in [0.1, 0.15) is 37.3 Å². The first-order valence-electron chi connectivity index (χ1n) is 7.85. The van der Waals surface area contributed by atoms with Crippen LogP contribution in [0, 0.1) is 0 Å². The lowest BCUT2D eigenvalue weighted by Gasteiger charge is -2.10. The largest absolute Gasteiger partial charge is 0.370 e. The van der Waals surface area contributed by atoms with Crippen molar-refractivity contribution in [1.29, 1.82) is 0 Å². The topological polar surface area (TPSA) is 63.3 Å². The molecule has 0 aliphatic carbocycles. The summed E-state index contributed by atoms with van der Waals surface area (Å²) in [5.41, 5.74) is 9.29. The van der Waals surface area contributed by atoms with Crippen LogP contribution < -0.4 is 11.1 Å². The van der Waals surface area contributed by atoms with Crippen LogP contribution in [0.25, 0.3) is 0 Å². The van der Waals surface area contributed by atoms with E-state index >= 15 is 0 Å². The Balaban J connectivity index is 1.85. The third-order valence-electron chi connectivity index (χ3n) is 3.84. The molecule has 0 saturated heterocycles. The van der Waals surface area contributed by atoms with Gasteiger partial charge in [-0.05, 0) is 48.1 Å². The molecule has 0 amide bonds. The highest BCUT2D eigenvalue weighted by Crippen LogP contribution is 2.20. The van der Waals surface area contributed by atoms with E-state index in [0.29, 0.717) is 23.6 Å². The maximum absolute atomic E-state index is 5.92. The number of pyridine rings is 1. The number of nitrogens with zero attached hydrogens (tertiary/aromatic N) is 2. The highest BCUT2D eigenvalue weighted by atomic mass is 35.5. The predicted molar refractivity (Wildman–Crippen MR) is 98.2 cm³/mol. The van der Waals surface area contributed by atoms with E-state index in [1.165, 1.54) is 5.56 Å². The molecule has 122 valence electrons. The molecular formula is C18H23ClN4. The number of anilines is 1. The molecule has 4 nitrogen and oxygen atoms in total. The number of hydrogen-bond acceptors (Lipinski definition) is 2. The number of nitrogens with two attached hydrogens (primary N) is 1. The Morgan fingerprint density at radius 3 is 2.61 bits per heavy atom. The van der Waals surface area contributed by atoms with Gasteiger partial charge in [-0.25, -0.2) is 4.98 Å². The molecule has 1 unspecified atom stereocenters. The summed E-state index contributed by atoms with van der Waals surface area (Å²) in [6.45, 7) is 5.02. The van der Waals surface area contributed by atoms with E-state index in [2.05, 4.69) is 41.3 Å². The molecule has 0 aliphatic rings. The fraction of sp³-hybridized carbons (Fsp3) is 0.333. The van der Waals surface area contributed by atoms with Gasteiger partial charge in [0.2, 0.25) is 0 Å². The van der Waals surface area contributed by atoms with Gasteiger partial charge in [0.25, 0.3) is 0 Å². The van der Waals surface area contributed by atoms with Gasteiger partial charge in [0.1, 0.15) is 5.15 Å². The van der Waals surface area contributed by atoms with Crippen molar-refractivity contribution in [1.82, 2.24) is 4.98 Å². The van der Waals surface area contributed by atoms with Gasteiger partial charge in [-0.2, -0.15) is 0 Å². The van der Waals surface area contributed by atoms with Crippen molar-refractivity contribution in [2.45, 2.75) is 32.6 Å². The number of rotatable bonds is 6. The maximum atomic E-state index is 5.92. The highest BCUT2D eigenvalue weighted by Gasteiger charge is 2.02. The third kappa shape index (κ3) is 5.57. The van der Waals surface area contributed by atoms with E-state index in [4.69, 9.17) is 17.3 Å². The fourth-order valence-electron chi connectivity index (χ4n) is 2.18. The number of halogens is 1. The third-order valence-corrected chi connectivity index (χ3v) is 4.06. The van der Waals surface area contributed by atoms with E-state index in [9.17, 15) is 0 Å². The minimum absolute atomic E-state index is 0.420. The SMILES string of the molecule is CCC(C)c1ccc(NC(N)=NCCc2ccc(Cl)nc2)cc1. The van der Waals surface area contributed by atoms with Gasteiger partial charge in [-0.1, -0.05) is 43.6 Å². The number of aromatic nitrogens is 1. The van der Waals surface area contributed by atoms with Crippen molar-refractivity contribution in [3.63, 3.8) is 0 Å². The average molecular weight is 331 g/mol. The number of benzene rings is 1. The Morgan fingerprint density at radius 1 is 1.26 bits per heavy atom. The maximum Gasteiger partial charge on any atom is 0.193 e. The first-order chi connectivity index (χ1) is 11.1. The summed E-state index contributed by atoms with van der Waals surface area (Å²) >= 11 is 5.76. The van der Waals surface area contributed by atoms with Crippen molar-refractivity contribution < 1.29 is 0 Å². The second-order valence-electron chi connectivity index (χ2n) is 5.56. The zero-order valence-corrected chi connectivity index (χ0v) is 14.3. The Morgan fingerprint density at radius 2 is 2.00 bits per heavy atom. The molecular weight excluding hydrogens is 308 g/mol. The molecule has 0 saturated carbocycles. The summed E-state index contributed by atoms with van der Waals surface area (Å²) in [6.07, 6.45) is 3.67. The molecule has 1 atom stereocenters. The van der Waals surface area contributed by atoms with Crippen molar-refractivity contribution in [3.05, 3.63) is 58.9 Å². The first kappa shape index (κ1) is 17.3. The molecule has 2 rings (SSSR count).